The molecule has 24 heavy (non-hydrogen) atoms. The highest BCUT2D eigenvalue weighted by atomic mass is 32.1. The highest BCUT2D eigenvalue weighted by Gasteiger charge is 2.24. The van der Waals surface area contributed by atoms with Gasteiger partial charge in [0.1, 0.15) is 10.6 Å². The van der Waals surface area contributed by atoms with Crippen molar-refractivity contribution in [3.05, 3.63) is 22.8 Å². The number of nitrogens with one attached hydrogen (secondary N) is 2. The van der Waals surface area contributed by atoms with Gasteiger partial charge in [-0.15, -0.1) is 11.3 Å². The first-order valence-corrected chi connectivity index (χ1v) is 9.78. The minimum absolute atomic E-state index is 0.555. The van der Waals surface area contributed by atoms with Gasteiger partial charge in [-0.1, -0.05) is 12.8 Å². The van der Waals surface area contributed by atoms with Gasteiger partial charge >= 0.3 is 0 Å². The van der Waals surface area contributed by atoms with Crippen LogP contribution in [0.1, 0.15) is 49.0 Å². The van der Waals surface area contributed by atoms with Crippen molar-refractivity contribution in [1.29, 1.82) is 0 Å². The first-order valence-electron chi connectivity index (χ1n) is 8.96. The van der Waals surface area contributed by atoms with E-state index in [0.29, 0.717) is 6.04 Å². The van der Waals surface area contributed by atoms with Gasteiger partial charge in [-0.2, -0.15) is 5.10 Å². The monoisotopic (exact) mass is 339 g/mol. The van der Waals surface area contributed by atoms with Gasteiger partial charge in [0, 0.05) is 17.1 Å². The first-order chi connectivity index (χ1) is 11.9. The van der Waals surface area contributed by atoms with Crippen LogP contribution in [-0.4, -0.2) is 26.2 Å². The summed E-state index contributed by atoms with van der Waals surface area (Å²) in [5, 5.41) is 12.0. The van der Waals surface area contributed by atoms with Crippen molar-refractivity contribution in [2.75, 3.05) is 5.32 Å². The zero-order valence-corrected chi connectivity index (χ0v) is 14.5. The number of rotatable bonds is 3. The highest BCUT2D eigenvalue weighted by Crippen LogP contribution is 2.40. The SMILES string of the molecule is c1n[nH]cc1-c1nc(NC2CCCC2)c2c3c(sc2n1)CCCC3. The van der Waals surface area contributed by atoms with Crippen molar-refractivity contribution in [3.8, 4) is 11.4 Å². The number of anilines is 1. The number of thiophene rings is 1. The molecule has 0 spiro atoms. The largest absolute Gasteiger partial charge is 0.367 e. The summed E-state index contributed by atoms with van der Waals surface area (Å²) in [5.74, 6) is 1.82. The quantitative estimate of drug-likeness (QED) is 0.746. The van der Waals surface area contributed by atoms with Crippen LogP contribution in [0, 0.1) is 0 Å². The molecule has 2 aliphatic rings. The third-order valence-corrected chi connectivity index (χ3v) is 6.45. The lowest BCUT2D eigenvalue weighted by molar-refractivity contribution is 0.700. The molecule has 3 aromatic rings. The molecule has 0 aliphatic heterocycles. The van der Waals surface area contributed by atoms with Crippen LogP contribution in [0.3, 0.4) is 0 Å². The summed E-state index contributed by atoms with van der Waals surface area (Å²) < 4.78 is 0. The Labute approximate surface area is 144 Å². The smallest absolute Gasteiger partial charge is 0.166 e. The topological polar surface area (TPSA) is 66.5 Å². The Kier molecular flexibility index (Phi) is 3.51. The van der Waals surface area contributed by atoms with Crippen molar-refractivity contribution >= 4 is 27.4 Å². The molecule has 3 aromatic heterocycles. The average molecular weight is 339 g/mol. The number of fused-ring (bicyclic) bond motifs is 3. The van der Waals surface area contributed by atoms with Gasteiger partial charge in [0.15, 0.2) is 5.82 Å². The van der Waals surface area contributed by atoms with Gasteiger partial charge in [-0.3, -0.25) is 5.10 Å². The fourth-order valence-corrected chi connectivity index (χ4v) is 5.29. The summed E-state index contributed by atoms with van der Waals surface area (Å²) in [6.45, 7) is 0. The second-order valence-corrected chi connectivity index (χ2v) is 7.98. The molecule has 2 N–H and O–H groups in total. The zero-order valence-electron chi connectivity index (χ0n) is 13.6. The van der Waals surface area contributed by atoms with Crippen molar-refractivity contribution in [2.24, 2.45) is 0 Å². The van der Waals surface area contributed by atoms with Gasteiger partial charge in [0.05, 0.1) is 17.1 Å². The van der Waals surface area contributed by atoms with E-state index in [4.69, 9.17) is 9.97 Å². The number of hydrogen-bond acceptors (Lipinski definition) is 5. The van der Waals surface area contributed by atoms with Gasteiger partial charge in [-0.05, 0) is 44.1 Å². The molecule has 0 saturated heterocycles. The Morgan fingerprint density at radius 1 is 1.08 bits per heavy atom. The molecule has 0 radical (unpaired) electrons. The second-order valence-electron chi connectivity index (χ2n) is 6.90. The minimum atomic E-state index is 0.555. The lowest BCUT2D eigenvalue weighted by Crippen LogP contribution is -2.16. The normalized spacial score (nSPS) is 18.2. The first kappa shape index (κ1) is 14.4. The molecule has 5 rings (SSSR count). The Morgan fingerprint density at radius 3 is 2.79 bits per heavy atom. The van der Waals surface area contributed by atoms with E-state index in [2.05, 4.69) is 15.5 Å². The van der Waals surface area contributed by atoms with Gasteiger partial charge in [-0.25, -0.2) is 9.97 Å². The Morgan fingerprint density at radius 2 is 1.96 bits per heavy atom. The lowest BCUT2D eigenvalue weighted by Gasteiger charge is -2.16. The van der Waals surface area contributed by atoms with Crippen molar-refractivity contribution in [1.82, 2.24) is 20.2 Å². The van der Waals surface area contributed by atoms with E-state index in [9.17, 15) is 0 Å². The van der Waals surface area contributed by atoms with Crippen LogP contribution < -0.4 is 5.32 Å². The molecular formula is C18H21N5S. The zero-order chi connectivity index (χ0) is 15.9. The molecule has 2 aliphatic carbocycles. The van der Waals surface area contributed by atoms with E-state index in [1.807, 2.05) is 17.5 Å². The average Bonchev–Trinajstić information content (AvgIpc) is 3.34. The van der Waals surface area contributed by atoms with Gasteiger partial charge in [0.2, 0.25) is 0 Å². The summed E-state index contributed by atoms with van der Waals surface area (Å²) in [6, 6.07) is 0.555. The van der Waals surface area contributed by atoms with E-state index in [1.54, 1.807) is 6.20 Å². The van der Waals surface area contributed by atoms with Gasteiger partial charge < -0.3 is 5.32 Å². The van der Waals surface area contributed by atoms with Crippen LogP contribution >= 0.6 is 11.3 Å². The minimum Gasteiger partial charge on any atom is -0.367 e. The fraction of sp³-hybridized carbons (Fsp3) is 0.500. The third-order valence-electron chi connectivity index (χ3n) is 5.27. The van der Waals surface area contributed by atoms with E-state index >= 15 is 0 Å². The second kappa shape index (κ2) is 5.84. The molecule has 0 aromatic carbocycles. The summed E-state index contributed by atoms with van der Waals surface area (Å²) >= 11 is 1.86. The number of H-pyrrole nitrogens is 1. The fourth-order valence-electron chi connectivity index (χ4n) is 4.03. The Balaban J connectivity index is 1.67. The highest BCUT2D eigenvalue weighted by molar-refractivity contribution is 7.19. The summed E-state index contributed by atoms with van der Waals surface area (Å²) in [7, 11) is 0. The molecule has 1 fully saturated rings. The number of aromatic nitrogens is 4. The van der Waals surface area contributed by atoms with Crippen molar-refractivity contribution in [3.63, 3.8) is 0 Å². The van der Waals surface area contributed by atoms with Crippen LogP contribution in [0.2, 0.25) is 0 Å². The summed E-state index contributed by atoms with van der Waals surface area (Å²) in [6.07, 6.45) is 13.8. The molecule has 1 saturated carbocycles. The molecular weight excluding hydrogens is 318 g/mol. The maximum Gasteiger partial charge on any atom is 0.166 e. The maximum atomic E-state index is 4.91. The Bertz CT molecular complexity index is 861. The molecule has 0 bridgehead atoms. The number of nitrogens with zero attached hydrogens (tertiary/aromatic N) is 3. The van der Waals surface area contributed by atoms with Crippen molar-refractivity contribution in [2.45, 2.75) is 57.4 Å². The van der Waals surface area contributed by atoms with E-state index < -0.39 is 0 Å². The standard InChI is InChI=1S/C18H21N5S/c1-2-6-12(5-1)21-17-15-13-7-3-4-8-14(13)24-18(15)23-16(22-17)11-9-19-20-10-11/h9-10,12H,1-8H2,(H,19,20)(H,21,22,23). The molecule has 6 heteroatoms. The number of aryl methyl sites for hydroxylation is 2. The van der Waals surface area contributed by atoms with Crippen LogP contribution in [0.5, 0.6) is 0 Å². The molecule has 0 atom stereocenters. The van der Waals surface area contributed by atoms with E-state index in [0.717, 1.165) is 22.0 Å². The maximum absolute atomic E-state index is 4.91. The number of hydrogen-bond donors (Lipinski definition) is 2. The lowest BCUT2D eigenvalue weighted by atomic mass is 9.97. The predicted octanol–water partition coefficient (Wildman–Crippen LogP) is 4.31. The van der Waals surface area contributed by atoms with E-state index in [-0.39, 0.29) is 0 Å². The van der Waals surface area contributed by atoms with Crippen LogP contribution in [0.25, 0.3) is 21.6 Å². The molecule has 3 heterocycles. The number of aromatic amines is 1. The molecule has 0 amide bonds. The Hall–Kier alpha value is -1.95. The molecule has 124 valence electrons. The molecule has 0 unspecified atom stereocenters. The van der Waals surface area contributed by atoms with Crippen LogP contribution in [0.4, 0.5) is 5.82 Å². The molecule has 5 nitrogen and oxygen atoms in total. The van der Waals surface area contributed by atoms with Gasteiger partial charge in [0.25, 0.3) is 0 Å². The summed E-state index contributed by atoms with van der Waals surface area (Å²) in [5.41, 5.74) is 2.46. The summed E-state index contributed by atoms with van der Waals surface area (Å²) in [4.78, 5) is 12.4. The van der Waals surface area contributed by atoms with Crippen LogP contribution in [0.15, 0.2) is 12.4 Å². The predicted molar refractivity (Wildman–Crippen MR) is 97.5 cm³/mol. The van der Waals surface area contributed by atoms with Crippen LogP contribution in [-0.2, 0) is 12.8 Å². The van der Waals surface area contributed by atoms with Crippen molar-refractivity contribution < 1.29 is 0 Å². The van der Waals surface area contributed by atoms with E-state index in [1.165, 1.54) is 67.2 Å². The third kappa shape index (κ3) is 2.40.